The van der Waals surface area contributed by atoms with Crippen LogP contribution < -0.4 is 4.74 Å². The quantitative estimate of drug-likeness (QED) is 0.531. The Balaban J connectivity index is 1.34. The number of fused-ring (bicyclic) bond motifs is 3. The van der Waals surface area contributed by atoms with Crippen LogP contribution in [0, 0.1) is 5.82 Å². The highest BCUT2D eigenvalue weighted by molar-refractivity contribution is 6.30. The summed E-state index contributed by atoms with van der Waals surface area (Å²) < 4.78 is 36.3. The molecule has 35 heavy (non-hydrogen) atoms. The van der Waals surface area contributed by atoms with Crippen LogP contribution in [0.2, 0.25) is 5.02 Å². The van der Waals surface area contributed by atoms with Gasteiger partial charge in [-0.25, -0.2) is 18.3 Å². The molecule has 3 aromatic rings. The minimum absolute atomic E-state index is 0.00501. The van der Waals surface area contributed by atoms with Crippen LogP contribution in [-0.4, -0.2) is 73.4 Å². The zero-order valence-corrected chi connectivity index (χ0v) is 20.0. The Bertz CT molecular complexity index is 1260. The lowest BCUT2D eigenvalue weighted by Crippen LogP contribution is -2.43. The number of aliphatic hydroxyl groups is 1. The van der Waals surface area contributed by atoms with Crippen molar-refractivity contribution in [2.45, 2.75) is 51.1 Å². The van der Waals surface area contributed by atoms with Gasteiger partial charge in [0, 0.05) is 30.4 Å². The molecule has 2 aliphatic heterocycles. The second-order valence-electron chi connectivity index (χ2n) is 8.92. The molecule has 0 radical (unpaired) electrons. The number of carbonyl (C=O) groups excluding carboxylic acids is 1. The van der Waals surface area contributed by atoms with Crippen LogP contribution in [0.15, 0.2) is 30.6 Å². The van der Waals surface area contributed by atoms with E-state index in [0.29, 0.717) is 35.9 Å². The molecule has 1 N–H and O–H groups in total. The summed E-state index contributed by atoms with van der Waals surface area (Å²) in [5.74, 6) is -0.830. The normalized spacial score (nSPS) is 22.2. The molecule has 11 heteroatoms. The van der Waals surface area contributed by atoms with Gasteiger partial charge in [0.25, 0.3) is 5.91 Å². The van der Waals surface area contributed by atoms with E-state index < -0.39 is 18.0 Å². The van der Waals surface area contributed by atoms with E-state index in [2.05, 4.69) is 10.1 Å². The van der Waals surface area contributed by atoms with Crippen LogP contribution in [0.1, 0.15) is 41.4 Å². The second kappa shape index (κ2) is 9.67. The number of aromatic nitrogens is 3. The van der Waals surface area contributed by atoms with Gasteiger partial charge in [0.15, 0.2) is 5.65 Å². The summed E-state index contributed by atoms with van der Waals surface area (Å²) in [4.78, 5) is 21.2. The highest BCUT2D eigenvalue weighted by Crippen LogP contribution is 2.32. The maximum absolute atomic E-state index is 14.8. The molecule has 3 unspecified atom stereocenters. The predicted octanol–water partition coefficient (Wildman–Crippen LogP) is 3.24. The number of amides is 1. The minimum Gasteiger partial charge on any atom is -0.491 e. The molecule has 8 nitrogen and oxygen atoms in total. The first-order valence-electron chi connectivity index (χ1n) is 11.6. The average molecular weight is 506 g/mol. The molecule has 0 bridgehead atoms. The summed E-state index contributed by atoms with van der Waals surface area (Å²) in [7, 11) is 0. The number of β-amino-alcohol motifs (C(OH)–C–C–N with tert-alkyl or cyclic N) is 1. The van der Waals surface area contributed by atoms with E-state index in [1.54, 1.807) is 15.6 Å². The lowest BCUT2D eigenvalue weighted by molar-refractivity contribution is 0.0733. The highest BCUT2D eigenvalue weighted by atomic mass is 35.5. The van der Waals surface area contributed by atoms with E-state index in [0.717, 1.165) is 18.1 Å². The molecule has 1 saturated heterocycles. The standard InChI is InChI=1S/C24H26ClF2N5O3/c1-2-16-8-19(27)21(31(16)5-6-33)13-35-22-7-15(26)3-4-17(22)24(34)30-11-18-20(12-30)29-32-10-14(25)9-28-23(18)32/h3-4,7,9-10,16,19,21,33H,2,5-6,8,11-13H2,1H3. The van der Waals surface area contributed by atoms with Crippen LogP contribution in [0.25, 0.3) is 5.65 Å². The van der Waals surface area contributed by atoms with E-state index in [4.69, 9.17) is 16.3 Å². The number of likely N-dealkylation sites (tertiary alicyclic amines) is 1. The van der Waals surface area contributed by atoms with Crippen molar-refractivity contribution < 1.29 is 23.4 Å². The molecule has 2 aromatic heterocycles. The zero-order chi connectivity index (χ0) is 24.7. The lowest BCUT2D eigenvalue weighted by atomic mass is 10.1. The van der Waals surface area contributed by atoms with Gasteiger partial charge >= 0.3 is 0 Å². The smallest absolute Gasteiger partial charge is 0.258 e. The van der Waals surface area contributed by atoms with E-state index in [1.165, 1.54) is 18.3 Å². The van der Waals surface area contributed by atoms with Crippen molar-refractivity contribution in [2.24, 2.45) is 0 Å². The van der Waals surface area contributed by atoms with Crippen molar-refractivity contribution in [2.75, 3.05) is 19.8 Å². The van der Waals surface area contributed by atoms with Crippen LogP contribution in [0.3, 0.4) is 0 Å². The van der Waals surface area contributed by atoms with Gasteiger partial charge in [-0.1, -0.05) is 18.5 Å². The van der Waals surface area contributed by atoms with Gasteiger partial charge in [-0.2, -0.15) is 5.10 Å². The minimum atomic E-state index is -1.13. The summed E-state index contributed by atoms with van der Waals surface area (Å²) >= 11 is 5.99. The fourth-order valence-corrected chi connectivity index (χ4v) is 5.24. The zero-order valence-electron chi connectivity index (χ0n) is 19.2. The molecular formula is C24H26ClF2N5O3. The molecule has 0 saturated carbocycles. The Kier molecular flexibility index (Phi) is 6.61. The van der Waals surface area contributed by atoms with Crippen LogP contribution in [0.4, 0.5) is 8.78 Å². The summed E-state index contributed by atoms with van der Waals surface area (Å²) in [6, 6.07) is 3.16. The molecule has 1 amide bonds. The number of hydrogen-bond acceptors (Lipinski definition) is 6. The maximum atomic E-state index is 14.8. The molecule has 5 rings (SSSR count). The van der Waals surface area contributed by atoms with Gasteiger partial charge in [0.05, 0.1) is 48.2 Å². The summed E-state index contributed by atoms with van der Waals surface area (Å²) in [5, 5.41) is 14.3. The van der Waals surface area contributed by atoms with Gasteiger partial charge in [0.2, 0.25) is 0 Å². The Hall–Kier alpha value is -2.82. The van der Waals surface area contributed by atoms with E-state index >= 15 is 0 Å². The number of benzene rings is 1. The van der Waals surface area contributed by atoms with Gasteiger partial charge in [-0.05, 0) is 25.0 Å². The summed E-state index contributed by atoms with van der Waals surface area (Å²) in [6.45, 7) is 2.71. The van der Waals surface area contributed by atoms with Gasteiger partial charge in [-0.15, -0.1) is 0 Å². The molecule has 2 aliphatic rings. The molecule has 1 aromatic carbocycles. The molecule has 1 fully saturated rings. The third-order valence-electron chi connectivity index (χ3n) is 6.82. The van der Waals surface area contributed by atoms with Crippen molar-refractivity contribution in [3.8, 4) is 5.75 Å². The summed E-state index contributed by atoms with van der Waals surface area (Å²) in [5.41, 5.74) is 2.36. The number of ether oxygens (including phenoxy) is 1. The molecule has 186 valence electrons. The summed E-state index contributed by atoms with van der Waals surface area (Å²) in [6.07, 6.45) is 3.16. The van der Waals surface area contributed by atoms with Gasteiger partial charge in [-0.3, -0.25) is 9.69 Å². The highest BCUT2D eigenvalue weighted by Gasteiger charge is 2.41. The Morgan fingerprint density at radius 1 is 1.34 bits per heavy atom. The SMILES string of the molecule is CCC1CC(F)C(COc2cc(F)ccc2C(=O)N2Cc3nn4cc(Cl)cnc4c3C2)N1CCO. The van der Waals surface area contributed by atoms with Crippen molar-refractivity contribution in [3.63, 3.8) is 0 Å². The van der Waals surface area contributed by atoms with Crippen molar-refractivity contribution >= 4 is 23.2 Å². The fourth-order valence-electron chi connectivity index (χ4n) is 5.10. The number of aliphatic hydroxyl groups excluding tert-OH is 1. The van der Waals surface area contributed by atoms with Gasteiger partial charge < -0.3 is 14.7 Å². The van der Waals surface area contributed by atoms with Crippen molar-refractivity contribution in [1.29, 1.82) is 0 Å². The Morgan fingerprint density at radius 2 is 2.17 bits per heavy atom. The number of hydrogen-bond donors (Lipinski definition) is 1. The van der Waals surface area contributed by atoms with Crippen molar-refractivity contribution in [1.82, 2.24) is 24.4 Å². The Labute approximate surface area is 206 Å². The molecule has 0 spiro atoms. The monoisotopic (exact) mass is 505 g/mol. The lowest BCUT2D eigenvalue weighted by Gasteiger charge is -2.29. The number of alkyl halides is 1. The van der Waals surface area contributed by atoms with E-state index in [-0.39, 0.29) is 43.0 Å². The largest absolute Gasteiger partial charge is 0.491 e. The molecular weight excluding hydrogens is 480 g/mol. The van der Waals surface area contributed by atoms with E-state index in [9.17, 15) is 18.7 Å². The van der Waals surface area contributed by atoms with Gasteiger partial charge in [0.1, 0.15) is 24.3 Å². The Morgan fingerprint density at radius 3 is 2.94 bits per heavy atom. The number of halogens is 3. The molecule has 3 atom stereocenters. The number of nitrogens with zero attached hydrogens (tertiary/aromatic N) is 5. The average Bonchev–Trinajstić information content (AvgIpc) is 3.48. The topological polar surface area (TPSA) is 83.2 Å². The number of carbonyl (C=O) groups is 1. The van der Waals surface area contributed by atoms with Crippen molar-refractivity contribution in [3.05, 3.63) is 58.3 Å². The van der Waals surface area contributed by atoms with Crippen LogP contribution in [0.5, 0.6) is 5.75 Å². The van der Waals surface area contributed by atoms with E-state index in [1.807, 2.05) is 11.8 Å². The second-order valence-corrected chi connectivity index (χ2v) is 9.36. The third-order valence-corrected chi connectivity index (χ3v) is 7.01. The fraction of sp³-hybridized carbons (Fsp3) is 0.458. The first kappa shape index (κ1) is 23.9. The van der Waals surface area contributed by atoms with Crippen LogP contribution in [-0.2, 0) is 13.1 Å². The molecule has 4 heterocycles. The number of rotatable bonds is 7. The first-order valence-corrected chi connectivity index (χ1v) is 12.0. The molecule has 0 aliphatic carbocycles. The maximum Gasteiger partial charge on any atom is 0.258 e. The third kappa shape index (κ3) is 4.46. The van der Waals surface area contributed by atoms with Crippen LogP contribution >= 0.6 is 11.6 Å². The first-order chi connectivity index (χ1) is 16.9. The predicted molar refractivity (Wildman–Crippen MR) is 125 cm³/mol.